The SMILES string of the molecule is O=[N+]([O-])c1ccc(Cl)cc1.c1cscn1. The van der Waals surface area contributed by atoms with Gasteiger partial charge in [0.25, 0.3) is 5.69 Å². The van der Waals surface area contributed by atoms with E-state index in [1.165, 1.54) is 24.3 Å². The van der Waals surface area contributed by atoms with Crippen molar-refractivity contribution in [2.24, 2.45) is 0 Å². The molecule has 2 rings (SSSR count). The van der Waals surface area contributed by atoms with Crippen LogP contribution in [0.4, 0.5) is 5.69 Å². The summed E-state index contributed by atoms with van der Waals surface area (Å²) in [6, 6.07) is 5.70. The molecule has 0 aliphatic rings. The van der Waals surface area contributed by atoms with E-state index in [0.717, 1.165) is 0 Å². The Hall–Kier alpha value is -1.46. The lowest BCUT2D eigenvalue weighted by Crippen LogP contribution is -1.85. The van der Waals surface area contributed by atoms with Crippen molar-refractivity contribution < 1.29 is 4.92 Å². The number of thiazole rings is 1. The van der Waals surface area contributed by atoms with Crippen molar-refractivity contribution in [1.29, 1.82) is 0 Å². The van der Waals surface area contributed by atoms with E-state index in [1.54, 1.807) is 23.0 Å². The predicted molar refractivity (Wildman–Crippen MR) is 60.2 cm³/mol. The fourth-order valence-corrected chi connectivity index (χ4v) is 1.22. The van der Waals surface area contributed by atoms with E-state index in [4.69, 9.17) is 11.6 Å². The first-order chi connectivity index (χ1) is 7.20. The molecular formula is C9H7ClN2O2S. The fourth-order valence-electron chi connectivity index (χ4n) is 0.738. The molecule has 2 aromatic rings. The minimum atomic E-state index is -0.462. The smallest absolute Gasteiger partial charge is 0.258 e. The van der Waals surface area contributed by atoms with Gasteiger partial charge in [-0.25, -0.2) is 0 Å². The van der Waals surface area contributed by atoms with Crippen molar-refractivity contribution in [1.82, 2.24) is 4.98 Å². The number of benzene rings is 1. The molecule has 4 nitrogen and oxygen atoms in total. The number of rotatable bonds is 1. The molecule has 6 heteroatoms. The molecule has 0 saturated heterocycles. The molecule has 0 saturated carbocycles. The fraction of sp³-hybridized carbons (Fsp3) is 0. The average Bonchev–Trinajstić information content (AvgIpc) is 2.76. The first kappa shape index (κ1) is 11.6. The normalized spacial score (nSPS) is 8.87. The molecule has 0 aliphatic heterocycles. The molecule has 0 fully saturated rings. The largest absolute Gasteiger partial charge is 0.269 e. The minimum absolute atomic E-state index is 0.0596. The highest BCUT2D eigenvalue weighted by Gasteiger charge is 2.01. The van der Waals surface area contributed by atoms with Gasteiger partial charge in [-0.15, -0.1) is 11.3 Å². The van der Waals surface area contributed by atoms with Crippen molar-refractivity contribution in [3.05, 3.63) is 56.5 Å². The van der Waals surface area contributed by atoms with Crippen molar-refractivity contribution in [3.63, 3.8) is 0 Å². The average molecular weight is 243 g/mol. The molecule has 0 bridgehead atoms. The Morgan fingerprint density at radius 2 is 2.00 bits per heavy atom. The van der Waals surface area contributed by atoms with Crippen molar-refractivity contribution in [2.75, 3.05) is 0 Å². The number of nitro groups is 1. The van der Waals surface area contributed by atoms with E-state index in [9.17, 15) is 10.1 Å². The van der Waals surface area contributed by atoms with Gasteiger partial charge in [0.1, 0.15) is 0 Å². The molecule has 0 N–H and O–H groups in total. The van der Waals surface area contributed by atoms with Gasteiger partial charge >= 0.3 is 0 Å². The quantitative estimate of drug-likeness (QED) is 0.569. The summed E-state index contributed by atoms with van der Waals surface area (Å²) in [6.07, 6.45) is 1.77. The van der Waals surface area contributed by atoms with Crippen molar-refractivity contribution >= 4 is 28.6 Å². The highest BCUT2D eigenvalue weighted by Crippen LogP contribution is 2.14. The lowest BCUT2D eigenvalue weighted by Gasteiger charge is -1.88. The number of hydrogen-bond acceptors (Lipinski definition) is 4. The highest BCUT2D eigenvalue weighted by atomic mass is 35.5. The van der Waals surface area contributed by atoms with Gasteiger partial charge in [0.05, 0.1) is 10.4 Å². The Balaban J connectivity index is 0.000000187. The van der Waals surface area contributed by atoms with Crippen LogP contribution in [0.15, 0.2) is 41.4 Å². The zero-order valence-electron chi connectivity index (χ0n) is 7.54. The Morgan fingerprint density at radius 3 is 2.33 bits per heavy atom. The van der Waals surface area contributed by atoms with Crippen LogP contribution in [0.2, 0.25) is 5.02 Å². The first-order valence-electron chi connectivity index (χ1n) is 3.92. The van der Waals surface area contributed by atoms with Gasteiger partial charge < -0.3 is 0 Å². The number of aromatic nitrogens is 1. The lowest BCUT2D eigenvalue weighted by molar-refractivity contribution is -0.384. The maximum Gasteiger partial charge on any atom is 0.269 e. The van der Waals surface area contributed by atoms with E-state index in [-0.39, 0.29) is 5.69 Å². The Bertz CT molecular complexity index is 385. The summed E-state index contributed by atoms with van der Waals surface area (Å²) >= 11 is 7.10. The van der Waals surface area contributed by atoms with Gasteiger partial charge in [0.15, 0.2) is 0 Å². The van der Waals surface area contributed by atoms with E-state index < -0.39 is 4.92 Å². The van der Waals surface area contributed by atoms with Gasteiger partial charge in [-0.3, -0.25) is 15.1 Å². The molecule has 0 aliphatic carbocycles. The number of hydrogen-bond donors (Lipinski definition) is 0. The molecule has 0 amide bonds. The summed E-state index contributed by atoms with van der Waals surface area (Å²) in [5.74, 6) is 0. The van der Waals surface area contributed by atoms with E-state index >= 15 is 0 Å². The molecular weight excluding hydrogens is 236 g/mol. The zero-order valence-corrected chi connectivity index (χ0v) is 9.11. The van der Waals surface area contributed by atoms with E-state index in [2.05, 4.69) is 4.98 Å². The van der Waals surface area contributed by atoms with E-state index in [0.29, 0.717) is 5.02 Å². The number of non-ortho nitro benzene ring substituents is 1. The summed E-state index contributed by atoms with van der Waals surface area (Å²) < 4.78 is 0. The van der Waals surface area contributed by atoms with Gasteiger partial charge in [0.2, 0.25) is 0 Å². The Kier molecular flexibility index (Phi) is 4.73. The number of nitro benzene ring substituents is 1. The molecule has 1 aromatic heterocycles. The number of nitrogens with zero attached hydrogens (tertiary/aromatic N) is 2. The first-order valence-corrected chi connectivity index (χ1v) is 5.24. The van der Waals surface area contributed by atoms with Crippen molar-refractivity contribution in [2.45, 2.75) is 0 Å². The van der Waals surface area contributed by atoms with Crippen LogP contribution in [0.25, 0.3) is 0 Å². The third-order valence-corrected chi connectivity index (χ3v) is 2.16. The third kappa shape index (κ3) is 4.53. The molecule has 78 valence electrons. The van der Waals surface area contributed by atoms with Crippen LogP contribution in [0.5, 0.6) is 0 Å². The second kappa shape index (κ2) is 6.10. The van der Waals surface area contributed by atoms with Crippen LogP contribution < -0.4 is 0 Å². The second-order valence-electron chi connectivity index (χ2n) is 2.41. The molecule has 0 unspecified atom stereocenters. The topological polar surface area (TPSA) is 56.0 Å². The molecule has 0 atom stereocenters. The Morgan fingerprint density at radius 1 is 1.33 bits per heavy atom. The summed E-state index contributed by atoms with van der Waals surface area (Å²) in [5, 5.41) is 12.5. The standard InChI is InChI=1S/C6H4ClNO2.C3H3NS/c7-5-1-3-6(4-2-5)8(9)10;1-2-5-3-4-1/h1-4H;1-3H. The van der Waals surface area contributed by atoms with Crippen LogP contribution in [0.3, 0.4) is 0 Å². The van der Waals surface area contributed by atoms with Gasteiger partial charge in [-0.2, -0.15) is 0 Å². The monoisotopic (exact) mass is 242 g/mol. The van der Waals surface area contributed by atoms with Crippen LogP contribution in [0, 0.1) is 10.1 Å². The minimum Gasteiger partial charge on any atom is -0.258 e. The van der Waals surface area contributed by atoms with Gasteiger partial charge in [-0.05, 0) is 12.1 Å². The van der Waals surface area contributed by atoms with Crippen molar-refractivity contribution in [3.8, 4) is 0 Å². The molecule has 0 radical (unpaired) electrons. The van der Waals surface area contributed by atoms with Crippen LogP contribution in [0.1, 0.15) is 0 Å². The summed E-state index contributed by atoms with van der Waals surface area (Å²) in [5.41, 5.74) is 1.85. The second-order valence-corrected chi connectivity index (χ2v) is 3.60. The van der Waals surface area contributed by atoms with Crippen LogP contribution in [-0.2, 0) is 0 Å². The summed E-state index contributed by atoms with van der Waals surface area (Å²) in [4.78, 5) is 13.4. The van der Waals surface area contributed by atoms with Gasteiger partial charge in [-0.1, -0.05) is 11.6 Å². The molecule has 1 heterocycles. The molecule has 1 aromatic carbocycles. The van der Waals surface area contributed by atoms with Crippen LogP contribution in [-0.4, -0.2) is 9.91 Å². The lowest BCUT2D eigenvalue weighted by atomic mass is 10.3. The zero-order chi connectivity index (χ0) is 11.1. The Labute approximate surface area is 95.3 Å². The summed E-state index contributed by atoms with van der Waals surface area (Å²) in [6.45, 7) is 0. The van der Waals surface area contributed by atoms with E-state index in [1.807, 2.05) is 5.38 Å². The predicted octanol–water partition coefficient (Wildman–Crippen LogP) is 3.39. The van der Waals surface area contributed by atoms with Crippen LogP contribution >= 0.6 is 22.9 Å². The maximum absolute atomic E-state index is 10.1. The van der Waals surface area contributed by atoms with Gasteiger partial charge in [0, 0.05) is 28.7 Å². The molecule has 15 heavy (non-hydrogen) atoms. The molecule has 0 spiro atoms. The number of halogens is 1. The summed E-state index contributed by atoms with van der Waals surface area (Å²) in [7, 11) is 0. The maximum atomic E-state index is 10.1. The third-order valence-electron chi connectivity index (χ3n) is 1.38. The highest BCUT2D eigenvalue weighted by molar-refractivity contribution is 7.07.